The number of carbonyl (C=O) groups is 1. The molecule has 2 aromatic heterocycles. The monoisotopic (exact) mass is 563 g/mol. The highest BCUT2D eigenvalue weighted by molar-refractivity contribution is 7.16. The van der Waals surface area contributed by atoms with E-state index in [9.17, 15) is 9.90 Å². The van der Waals surface area contributed by atoms with Gasteiger partial charge in [-0.3, -0.25) is 0 Å². The molecule has 7 nitrogen and oxygen atoms in total. The maximum atomic E-state index is 11.2. The molecule has 9 heteroatoms. The van der Waals surface area contributed by atoms with Gasteiger partial charge in [-0.05, 0) is 63.3 Å². The molecule has 3 heterocycles. The summed E-state index contributed by atoms with van der Waals surface area (Å²) in [4.78, 5) is 19.5. The van der Waals surface area contributed by atoms with Crippen LogP contribution in [0.25, 0.3) is 22.5 Å². The number of thiazole rings is 1. The average Bonchev–Trinajstić information content (AvgIpc) is 3.58. The predicted octanol–water partition coefficient (Wildman–Crippen LogP) is 7.50. The number of carboxylic acids is 1. The lowest BCUT2D eigenvalue weighted by Crippen LogP contribution is -2.37. The predicted molar refractivity (Wildman–Crippen MR) is 153 cm³/mol. The second kappa shape index (κ2) is 10.8. The lowest BCUT2D eigenvalue weighted by Gasteiger charge is -2.31. The van der Waals surface area contributed by atoms with E-state index in [1.807, 2.05) is 37.3 Å². The van der Waals surface area contributed by atoms with Gasteiger partial charge < -0.3 is 19.3 Å². The number of ether oxygens (including phenoxy) is 1. The molecule has 1 aliphatic carbocycles. The van der Waals surface area contributed by atoms with Crippen LogP contribution in [0.3, 0.4) is 0 Å². The summed E-state index contributed by atoms with van der Waals surface area (Å²) in [5, 5.41) is 15.3. The maximum Gasteiger partial charge on any atom is 0.335 e. The Labute approximate surface area is 236 Å². The van der Waals surface area contributed by atoms with Crippen molar-refractivity contribution in [2.45, 2.75) is 58.2 Å². The van der Waals surface area contributed by atoms with Gasteiger partial charge in [-0.25, -0.2) is 9.78 Å². The summed E-state index contributed by atoms with van der Waals surface area (Å²) in [6.45, 7) is 6.30. The van der Waals surface area contributed by atoms with Gasteiger partial charge in [0.15, 0.2) is 5.13 Å². The summed E-state index contributed by atoms with van der Waals surface area (Å²) in [7, 11) is 0. The SMILES string of the molecule is Cc1cccc(Cl)c1-c1noc(C2CC2)c1COC1CCN(c2nc(-c3ccc(C(=O)O)cc3)c(C)s2)CC1. The van der Waals surface area contributed by atoms with Gasteiger partial charge in [0.05, 0.1) is 29.0 Å². The molecule has 2 fully saturated rings. The number of benzene rings is 2. The van der Waals surface area contributed by atoms with E-state index in [-0.39, 0.29) is 11.7 Å². The quantitative estimate of drug-likeness (QED) is 0.237. The number of aromatic carboxylic acids is 1. The van der Waals surface area contributed by atoms with E-state index in [2.05, 4.69) is 17.0 Å². The highest BCUT2D eigenvalue weighted by Gasteiger charge is 2.34. The van der Waals surface area contributed by atoms with Crippen molar-refractivity contribution < 1.29 is 19.2 Å². The number of anilines is 1. The fraction of sp³-hybridized carbons (Fsp3) is 0.367. The fourth-order valence-electron chi connectivity index (χ4n) is 5.23. The van der Waals surface area contributed by atoms with E-state index in [1.165, 1.54) is 0 Å². The standard InChI is InChI=1S/C30H30ClN3O4S/c1-17-4-3-5-24(31)25(17)27-23(28(38-33-27)20-8-9-20)16-37-22-12-14-34(15-13-22)30-32-26(18(2)39-30)19-6-10-21(11-7-19)29(35)36/h3-7,10-11,20,22H,8-9,12-16H2,1-2H3,(H,35,36). The Bertz CT molecular complexity index is 1480. The molecule has 6 rings (SSSR count). The van der Waals surface area contributed by atoms with Crippen molar-refractivity contribution in [1.82, 2.24) is 10.1 Å². The summed E-state index contributed by atoms with van der Waals surface area (Å²) in [5.74, 6) is 0.450. The van der Waals surface area contributed by atoms with Crippen molar-refractivity contribution >= 4 is 34.0 Å². The van der Waals surface area contributed by atoms with Crippen molar-refractivity contribution in [3.8, 4) is 22.5 Å². The zero-order chi connectivity index (χ0) is 27.1. The minimum Gasteiger partial charge on any atom is -0.478 e. The molecule has 0 atom stereocenters. The molecule has 2 aromatic carbocycles. The van der Waals surface area contributed by atoms with Crippen LogP contribution in [0.2, 0.25) is 5.02 Å². The van der Waals surface area contributed by atoms with Gasteiger partial charge in [0.2, 0.25) is 0 Å². The topological polar surface area (TPSA) is 88.7 Å². The number of carboxylic acid groups (broad SMARTS) is 1. The summed E-state index contributed by atoms with van der Waals surface area (Å²) < 4.78 is 12.3. The number of rotatable bonds is 8. The minimum atomic E-state index is -0.926. The first-order chi connectivity index (χ1) is 18.9. The Hall–Kier alpha value is -3.20. The lowest BCUT2D eigenvalue weighted by molar-refractivity contribution is 0.0246. The number of piperidine rings is 1. The molecule has 0 amide bonds. The van der Waals surface area contributed by atoms with E-state index in [1.54, 1.807) is 23.5 Å². The zero-order valence-electron chi connectivity index (χ0n) is 21.9. The number of hydrogen-bond acceptors (Lipinski definition) is 7. The van der Waals surface area contributed by atoms with Gasteiger partial charge in [-0.15, -0.1) is 11.3 Å². The van der Waals surface area contributed by atoms with Gasteiger partial charge in [-0.2, -0.15) is 0 Å². The van der Waals surface area contributed by atoms with Crippen LogP contribution in [0.1, 0.15) is 63.7 Å². The third-order valence-electron chi connectivity index (χ3n) is 7.59. The molecule has 1 N–H and O–H groups in total. The molecular formula is C30H30ClN3O4S. The fourth-order valence-corrected chi connectivity index (χ4v) is 6.52. The van der Waals surface area contributed by atoms with E-state index in [0.29, 0.717) is 17.5 Å². The molecule has 1 saturated carbocycles. The average molecular weight is 564 g/mol. The summed E-state index contributed by atoms with van der Waals surface area (Å²) >= 11 is 8.26. The van der Waals surface area contributed by atoms with E-state index < -0.39 is 5.97 Å². The van der Waals surface area contributed by atoms with Crippen molar-refractivity contribution in [2.75, 3.05) is 18.0 Å². The number of aryl methyl sites for hydroxylation is 2. The van der Waals surface area contributed by atoms with Gasteiger partial charge in [-0.1, -0.05) is 41.0 Å². The van der Waals surface area contributed by atoms with E-state index in [0.717, 1.165) is 88.2 Å². The Morgan fingerprint density at radius 3 is 2.51 bits per heavy atom. The first kappa shape index (κ1) is 26.0. The van der Waals surface area contributed by atoms with Crippen LogP contribution >= 0.6 is 22.9 Å². The molecular weight excluding hydrogens is 534 g/mol. The second-order valence-electron chi connectivity index (χ2n) is 10.4. The maximum absolute atomic E-state index is 11.2. The van der Waals surface area contributed by atoms with Gasteiger partial charge in [0.25, 0.3) is 0 Å². The van der Waals surface area contributed by atoms with Crippen LogP contribution in [0.5, 0.6) is 0 Å². The highest BCUT2D eigenvalue weighted by atomic mass is 35.5. The summed E-state index contributed by atoms with van der Waals surface area (Å²) in [6.07, 6.45) is 4.21. The molecule has 0 unspecified atom stereocenters. The molecule has 0 radical (unpaired) electrons. The molecule has 2 aliphatic rings. The normalized spacial score (nSPS) is 16.1. The Morgan fingerprint density at radius 1 is 1.10 bits per heavy atom. The van der Waals surface area contributed by atoms with Crippen LogP contribution < -0.4 is 4.90 Å². The van der Waals surface area contributed by atoms with Crippen molar-refractivity contribution in [1.29, 1.82) is 0 Å². The molecule has 1 aliphatic heterocycles. The largest absolute Gasteiger partial charge is 0.478 e. The van der Waals surface area contributed by atoms with Crippen LogP contribution in [0.4, 0.5) is 5.13 Å². The highest BCUT2D eigenvalue weighted by Crippen LogP contribution is 2.45. The molecule has 1 saturated heterocycles. The lowest BCUT2D eigenvalue weighted by atomic mass is 10.0. The van der Waals surface area contributed by atoms with Crippen LogP contribution in [0.15, 0.2) is 47.0 Å². The zero-order valence-corrected chi connectivity index (χ0v) is 23.5. The molecule has 0 spiro atoms. The van der Waals surface area contributed by atoms with E-state index >= 15 is 0 Å². The Balaban J connectivity index is 1.12. The van der Waals surface area contributed by atoms with E-state index in [4.69, 9.17) is 25.8 Å². The minimum absolute atomic E-state index is 0.146. The van der Waals surface area contributed by atoms with Crippen molar-refractivity contribution in [3.05, 3.63) is 74.8 Å². The first-order valence-electron chi connectivity index (χ1n) is 13.3. The number of aromatic nitrogens is 2. The number of hydrogen-bond donors (Lipinski definition) is 1. The Morgan fingerprint density at radius 2 is 1.85 bits per heavy atom. The smallest absolute Gasteiger partial charge is 0.335 e. The number of halogens is 1. The van der Waals surface area contributed by atoms with Crippen LogP contribution in [-0.2, 0) is 11.3 Å². The van der Waals surface area contributed by atoms with Crippen LogP contribution in [0, 0.1) is 13.8 Å². The van der Waals surface area contributed by atoms with Gasteiger partial charge in [0, 0.05) is 40.6 Å². The first-order valence-corrected chi connectivity index (χ1v) is 14.5. The molecule has 202 valence electrons. The van der Waals surface area contributed by atoms with Crippen molar-refractivity contribution in [3.63, 3.8) is 0 Å². The molecule has 4 aromatic rings. The second-order valence-corrected chi connectivity index (χ2v) is 11.9. The molecule has 39 heavy (non-hydrogen) atoms. The Kier molecular flexibility index (Phi) is 7.18. The third-order valence-corrected chi connectivity index (χ3v) is 8.94. The summed E-state index contributed by atoms with van der Waals surface area (Å²) in [6, 6.07) is 12.8. The number of nitrogens with zero attached hydrogens (tertiary/aromatic N) is 3. The van der Waals surface area contributed by atoms with Crippen molar-refractivity contribution in [2.24, 2.45) is 0 Å². The third kappa shape index (κ3) is 5.33. The van der Waals surface area contributed by atoms with Gasteiger partial charge in [0.1, 0.15) is 11.5 Å². The molecule has 0 bridgehead atoms. The summed E-state index contributed by atoms with van der Waals surface area (Å²) in [5.41, 5.74) is 5.96. The van der Waals surface area contributed by atoms with Crippen LogP contribution in [-0.4, -0.2) is 40.4 Å². The van der Waals surface area contributed by atoms with Gasteiger partial charge >= 0.3 is 5.97 Å².